The summed E-state index contributed by atoms with van der Waals surface area (Å²) >= 11 is 0. The standard InChI is InChI=1S/C25H25N3O4S/c1-16-21(17-4-7-20(8-5-17)33(30)28(2)3)13-19(14-26-16)27-24(29)25(10-11-25)18-6-9-22-23(12-18)32-15-31-22/h4-9,12-14H,10-11,15H2,1-3H3,(H,27,29). The highest BCUT2D eigenvalue weighted by Gasteiger charge is 2.51. The van der Waals surface area contributed by atoms with Crippen molar-refractivity contribution in [2.45, 2.75) is 30.1 Å². The zero-order valence-electron chi connectivity index (χ0n) is 18.8. The summed E-state index contributed by atoms with van der Waals surface area (Å²) < 4.78 is 24.8. The van der Waals surface area contributed by atoms with Crippen molar-refractivity contribution in [2.75, 3.05) is 26.2 Å². The molecule has 0 radical (unpaired) electrons. The first-order valence-corrected chi connectivity index (χ1v) is 11.9. The second kappa shape index (κ2) is 8.28. The van der Waals surface area contributed by atoms with Gasteiger partial charge in [0.1, 0.15) is 11.0 Å². The average molecular weight is 464 g/mol. The van der Waals surface area contributed by atoms with Crippen LogP contribution in [0.3, 0.4) is 0 Å². The van der Waals surface area contributed by atoms with Crippen LogP contribution in [-0.2, 0) is 21.2 Å². The van der Waals surface area contributed by atoms with Crippen LogP contribution in [0.4, 0.5) is 5.69 Å². The third kappa shape index (κ3) is 4.00. The molecule has 1 unspecified atom stereocenters. The fraction of sp³-hybridized carbons (Fsp3) is 0.280. The summed E-state index contributed by atoms with van der Waals surface area (Å²) in [5.41, 5.74) is 3.76. The van der Waals surface area contributed by atoms with Gasteiger partial charge in [-0.25, -0.2) is 8.51 Å². The molecule has 3 aromatic rings. The maximum absolute atomic E-state index is 13.3. The van der Waals surface area contributed by atoms with Gasteiger partial charge in [-0.15, -0.1) is 0 Å². The molecule has 1 aliphatic heterocycles. The number of fused-ring (bicyclic) bond motifs is 1. The number of hydrogen-bond acceptors (Lipinski definition) is 5. The Kier molecular flexibility index (Phi) is 5.42. The van der Waals surface area contributed by atoms with Crippen molar-refractivity contribution in [3.8, 4) is 22.6 Å². The Balaban J connectivity index is 1.37. The third-order valence-corrected chi connectivity index (χ3v) is 7.49. The summed E-state index contributed by atoms with van der Waals surface area (Å²) in [6, 6.07) is 15.2. The topological polar surface area (TPSA) is 80.8 Å². The molecule has 2 aromatic carbocycles. The number of benzene rings is 2. The van der Waals surface area contributed by atoms with E-state index in [1.807, 2.05) is 55.5 Å². The van der Waals surface area contributed by atoms with Crippen molar-refractivity contribution < 1.29 is 18.5 Å². The van der Waals surface area contributed by atoms with Crippen LogP contribution in [0, 0.1) is 6.92 Å². The number of pyridine rings is 1. The maximum atomic E-state index is 13.3. The lowest BCUT2D eigenvalue weighted by molar-refractivity contribution is -0.118. The normalized spacial score (nSPS) is 16.5. The van der Waals surface area contributed by atoms with Crippen LogP contribution >= 0.6 is 0 Å². The van der Waals surface area contributed by atoms with Gasteiger partial charge in [0.05, 0.1) is 22.2 Å². The van der Waals surface area contributed by atoms with Gasteiger partial charge in [-0.05, 0) is 75.3 Å². The molecule has 8 heteroatoms. The van der Waals surface area contributed by atoms with Gasteiger partial charge in [0, 0.05) is 11.3 Å². The second-order valence-corrected chi connectivity index (χ2v) is 10.2. The van der Waals surface area contributed by atoms with Crippen LogP contribution in [-0.4, -0.2) is 40.3 Å². The molecule has 0 spiro atoms. The molecule has 2 heterocycles. The zero-order chi connectivity index (χ0) is 23.2. The summed E-state index contributed by atoms with van der Waals surface area (Å²) in [7, 11) is 2.36. The molecule has 1 fully saturated rings. The summed E-state index contributed by atoms with van der Waals surface area (Å²) in [5.74, 6) is 1.35. The second-order valence-electron chi connectivity index (χ2n) is 8.55. The quantitative estimate of drug-likeness (QED) is 0.597. The van der Waals surface area contributed by atoms with E-state index in [4.69, 9.17) is 9.47 Å². The van der Waals surface area contributed by atoms with Crippen LogP contribution < -0.4 is 14.8 Å². The minimum atomic E-state index is -1.19. The Morgan fingerprint density at radius 1 is 1.06 bits per heavy atom. The summed E-state index contributed by atoms with van der Waals surface area (Å²) in [6.07, 6.45) is 3.26. The first kappa shape index (κ1) is 21.6. The van der Waals surface area contributed by atoms with Gasteiger partial charge in [0.15, 0.2) is 11.5 Å². The van der Waals surface area contributed by atoms with E-state index in [-0.39, 0.29) is 12.7 Å². The Labute approximate surface area is 195 Å². The van der Waals surface area contributed by atoms with Crippen molar-refractivity contribution in [1.82, 2.24) is 9.29 Å². The molecule has 1 aromatic heterocycles. The maximum Gasteiger partial charge on any atom is 0.235 e. The SMILES string of the molecule is Cc1ncc(NC(=O)C2(c3ccc4c(c3)OCO4)CC2)cc1-c1ccc(S(=O)N(C)C)cc1. The van der Waals surface area contributed by atoms with Crippen molar-refractivity contribution in [2.24, 2.45) is 0 Å². The van der Waals surface area contributed by atoms with Crippen LogP contribution in [0.25, 0.3) is 11.1 Å². The molecule has 1 atom stereocenters. The highest BCUT2D eigenvalue weighted by atomic mass is 32.2. The molecule has 33 heavy (non-hydrogen) atoms. The van der Waals surface area contributed by atoms with Crippen molar-refractivity contribution in [1.29, 1.82) is 0 Å². The molecule has 7 nitrogen and oxygen atoms in total. The van der Waals surface area contributed by atoms with E-state index >= 15 is 0 Å². The lowest BCUT2D eigenvalue weighted by Crippen LogP contribution is -2.27. The molecule has 0 saturated heterocycles. The highest BCUT2D eigenvalue weighted by molar-refractivity contribution is 7.82. The highest BCUT2D eigenvalue weighted by Crippen LogP contribution is 2.51. The number of nitrogens with one attached hydrogen (secondary N) is 1. The predicted molar refractivity (Wildman–Crippen MR) is 127 cm³/mol. The Bertz CT molecular complexity index is 1250. The number of anilines is 1. The molecule has 170 valence electrons. The van der Waals surface area contributed by atoms with Gasteiger partial charge in [-0.3, -0.25) is 9.78 Å². The van der Waals surface area contributed by atoms with Crippen molar-refractivity contribution >= 4 is 22.6 Å². The number of aromatic nitrogens is 1. The molecule has 2 aliphatic rings. The van der Waals surface area contributed by atoms with Crippen LogP contribution in [0.2, 0.25) is 0 Å². The summed E-state index contributed by atoms with van der Waals surface area (Å²) in [4.78, 5) is 18.5. The monoisotopic (exact) mass is 463 g/mol. The molecular weight excluding hydrogens is 438 g/mol. The Hall–Kier alpha value is -3.23. The number of amides is 1. The van der Waals surface area contributed by atoms with Gasteiger partial charge < -0.3 is 14.8 Å². The molecule has 0 bridgehead atoms. The lowest BCUT2D eigenvalue weighted by Gasteiger charge is -2.17. The number of carbonyl (C=O) groups excluding carboxylic acids is 1. The minimum absolute atomic E-state index is 0.0466. The molecule has 1 N–H and O–H groups in total. The van der Waals surface area contributed by atoms with Gasteiger partial charge in [-0.1, -0.05) is 18.2 Å². The van der Waals surface area contributed by atoms with E-state index in [1.54, 1.807) is 24.6 Å². The van der Waals surface area contributed by atoms with Gasteiger partial charge in [0.25, 0.3) is 0 Å². The zero-order valence-corrected chi connectivity index (χ0v) is 19.6. The first-order chi connectivity index (χ1) is 15.9. The van der Waals surface area contributed by atoms with E-state index in [1.165, 1.54) is 0 Å². The van der Waals surface area contributed by atoms with Crippen molar-refractivity contribution in [3.05, 3.63) is 66.0 Å². The first-order valence-electron chi connectivity index (χ1n) is 10.8. The lowest BCUT2D eigenvalue weighted by atomic mass is 9.94. The Morgan fingerprint density at radius 2 is 1.79 bits per heavy atom. The molecule has 1 aliphatic carbocycles. The van der Waals surface area contributed by atoms with Gasteiger partial charge >= 0.3 is 0 Å². The Morgan fingerprint density at radius 3 is 2.48 bits per heavy atom. The smallest absolute Gasteiger partial charge is 0.235 e. The molecule has 1 saturated carbocycles. The number of carbonyl (C=O) groups is 1. The number of nitrogens with zero attached hydrogens (tertiary/aromatic N) is 2. The van der Waals surface area contributed by atoms with E-state index < -0.39 is 16.4 Å². The molecule has 5 rings (SSSR count). The predicted octanol–water partition coefficient (Wildman–Crippen LogP) is 4.04. The fourth-order valence-electron chi connectivity index (χ4n) is 4.07. The van der Waals surface area contributed by atoms with E-state index in [0.29, 0.717) is 17.2 Å². The largest absolute Gasteiger partial charge is 0.454 e. The summed E-state index contributed by atoms with van der Waals surface area (Å²) in [5, 5.41) is 3.06. The van der Waals surface area contributed by atoms with E-state index in [0.717, 1.165) is 40.1 Å². The van der Waals surface area contributed by atoms with Crippen LogP contribution in [0.5, 0.6) is 11.5 Å². The van der Waals surface area contributed by atoms with Gasteiger partial charge in [0.2, 0.25) is 12.7 Å². The van der Waals surface area contributed by atoms with Crippen LogP contribution in [0.15, 0.2) is 59.6 Å². The average Bonchev–Trinajstić information content (AvgIpc) is 3.50. The van der Waals surface area contributed by atoms with E-state index in [2.05, 4.69) is 10.3 Å². The minimum Gasteiger partial charge on any atom is -0.454 e. The molecular formula is C25H25N3O4S. The van der Waals surface area contributed by atoms with Gasteiger partial charge in [-0.2, -0.15) is 0 Å². The number of ether oxygens (including phenoxy) is 2. The molecule has 1 amide bonds. The van der Waals surface area contributed by atoms with E-state index in [9.17, 15) is 9.00 Å². The number of rotatable bonds is 6. The van der Waals surface area contributed by atoms with Crippen molar-refractivity contribution in [3.63, 3.8) is 0 Å². The third-order valence-electron chi connectivity index (χ3n) is 6.15. The fourth-order valence-corrected chi connectivity index (χ4v) is 4.86. The number of aryl methyl sites for hydroxylation is 1. The van der Waals surface area contributed by atoms with Crippen LogP contribution in [0.1, 0.15) is 24.1 Å². The summed E-state index contributed by atoms with van der Waals surface area (Å²) in [6.45, 7) is 2.14. The number of hydrogen-bond donors (Lipinski definition) is 1.